The van der Waals surface area contributed by atoms with E-state index >= 15 is 0 Å². The molecule has 3 aliphatic rings. The van der Waals surface area contributed by atoms with Gasteiger partial charge < -0.3 is 19.1 Å². The summed E-state index contributed by atoms with van der Waals surface area (Å²) in [4.78, 5) is 16.7. The lowest BCUT2D eigenvalue weighted by atomic mass is 9.81. The van der Waals surface area contributed by atoms with Crippen LogP contribution in [0.4, 0.5) is 5.69 Å². The van der Waals surface area contributed by atoms with Gasteiger partial charge in [0, 0.05) is 38.4 Å². The maximum Gasteiger partial charge on any atom is 0.231 e. The van der Waals surface area contributed by atoms with Crippen LogP contribution in [-0.2, 0) is 10.3 Å². The first-order chi connectivity index (χ1) is 17.9. The SMILES string of the molecule is CC(=O)c1ccc(C2=C(c3ccc(N(C)C)cc3)C(C)(N3CCOCC3)c3cc4c(cc32)OCO4)cc1. The summed E-state index contributed by atoms with van der Waals surface area (Å²) in [6.45, 7) is 7.23. The van der Waals surface area contributed by atoms with E-state index < -0.39 is 5.54 Å². The van der Waals surface area contributed by atoms with Crippen molar-refractivity contribution in [1.82, 2.24) is 4.90 Å². The third-order valence-corrected chi connectivity index (χ3v) is 7.94. The van der Waals surface area contributed by atoms with Gasteiger partial charge >= 0.3 is 0 Å². The van der Waals surface area contributed by atoms with Gasteiger partial charge in [0.05, 0.1) is 18.8 Å². The van der Waals surface area contributed by atoms with Crippen molar-refractivity contribution >= 4 is 22.6 Å². The molecule has 2 heterocycles. The van der Waals surface area contributed by atoms with Gasteiger partial charge in [0.25, 0.3) is 0 Å². The van der Waals surface area contributed by atoms with Crippen LogP contribution in [-0.4, -0.2) is 57.9 Å². The van der Waals surface area contributed by atoms with Crippen molar-refractivity contribution in [2.45, 2.75) is 19.4 Å². The van der Waals surface area contributed by atoms with Gasteiger partial charge in [-0.05, 0) is 71.5 Å². The number of ether oxygens (including phenoxy) is 3. The lowest BCUT2D eigenvalue weighted by Gasteiger charge is -2.43. The molecule has 1 atom stereocenters. The second-order valence-corrected chi connectivity index (χ2v) is 10.2. The molecule has 2 aliphatic heterocycles. The zero-order valence-electron chi connectivity index (χ0n) is 21.8. The molecule has 190 valence electrons. The molecule has 3 aromatic carbocycles. The third kappa shape index (κ3) is 3.83. The Hall–Kier alpha value is -3.61. The number of morpholine rings is 1. The fraction of sp³-hybridized carbons (Fsp3) is 0.323. The Bertz CT molecular complexity index is 1390. The van der Waals surface area contributed by atoms with Crippen molar-refractivity contribution in [3.05, 3.63) is 88.5 Å². The highest BCUT2D eigenvalue weighted by Crippen LogP contribution is 2.57. The van der Waals surface area contributed by atoms with Crippen molar-refractivity contribution in [3.8, 4) is 11.5 Å². The van der Waals surface area contributed by atoms with E-state index in [1.54, 1.807) is 6.92 Å². The number of carbonyl (C=O) groups excluding carboxylic acids is 1. The average molecular weight is 497 g/mol. The molecule has 0 radical (unpaired) electrons. The van der Waals surface area contributed by atoms with E-state index in [9.17, 15) is 4.79 Å². The highest BCUT2D eigenvalue weighted by Gasteiger charge is 2.48. The molecule has 1 fully saturated rings. The van der Waals surface area contributed by atoms with Gasteiger partial charge in [-0.2, -0.15) is 0 Å². The fourth-order valence-corrected chi connectivity index (χ4v) is 5.93. The summed E-state index contributed by atoms with van der Waals surface area (Å²) in [6, 6.07) is 21.1. The van der Waals surface area contributed by atoms with Gasteiger partial charge in [-0.3, -0.25) is 9.69 Å². The highest BCUT2D eigenvalue weighted by atomic mass is 16.7. The molecule has 37 heavy (non-hydrogen) atoms. The van der Waals surface area contributed by atoms with Crippen LogP contribution < -0.4 is 14.4 Å². The summed E-state index contributed by atoms with van der Waals surface area (Å²) in [5.74, 6) is 1.62. The number of rotatable bonds is 5. The van der Waals surface area contributed by atoms with Crippen LogP contribution in [0.2, 0.25) is 0 Å². The lowest BCUT2D eigenvalue weighted by Crippen LogP contribution is -2.49. The molecule has 0 spiro atoms. The van der Waals surface area contributed by atoms with E-state index in [0.29, 0.717) is 18.8 Å². The Morgan fingerprint density at radius 3 is 2.14 bits per heavy atom. The van der Waals surface area contributed by atoms with Crippen LogP contribution in [0.3, 0.4) is 0 Å². The summed E-state index contributed by atoms with van der Waals surface area (Å²) < 4.78 is 17.4. The zero-order valence-corrected chi connectivity index (χ0v) is 21.8. The number of Topliss-reactive ketones (excluding diaryl/α,β-unsaturated/α-hetero) is 1. The number of hydrogen-bond donors (Lipinski definition) is 0. The lowest BCUT2D eigenvalue weighted by molar-refractivity contribution is 0.00191. The monoisotopic (exact) mass is 496 g/mol. The van der Waals surface area contributed by atoms with Crippen molar-refractivity contribution < 1.29 is 19.0 Å². The number of carbonyl (C=O) groups is 1. The summed E-state index contributed by atoms with van der Waals surface area (Å²) >= 11 is 0. The van der Waals surface area contributed by atoms with Crippen LogP contribution in [0, 0.1) is 0 Å². The first-order valence-electron chi connectivity index (χ1n) is 12.8. The zero-order chi connectivity index (χ0) is 25.7. The van der Waals surface area contributed by atoms with Crippen LogP contribution in [0.5, 0.6) is 11.5 Å². The summed E-state index contributed by atoms with van der Waals surface area (Å²) in [5, 5.41) is 0. The standard InChI is InChI=1S/C31H32N2O4/c1-20(34)21-5-7-22(8-6-21)29-25-17-27-28(37-19-36-27)18-26(25)31(2,33-13-15-35-16-14-33)30(29)23-9-11-24(12-10-23)32(3)4/h5-12,17-18H,13-16,19H2,1-4H3. The predicted molar refractivity (Wildman–Crippen MR) is 145 cm³/mol. The number of ketones is 1. The molecular formula is C31H32N2O4. The largest absolute Gasteiger partial charge is 0.454 e. The van der Waals surface area contributed by atoms with E-state index in [1.165, 1.54) is 16.7 Å². The summed E-state index contributed by atoms with van der Waals surface area (Å²) in [6.07, 6.45) is 0. The molecule has 6 nitrogen and oxygen atoms in total. The molecule has 1 aliphatic carbocycles. The molecule has 0 aromatic heterocycles. The maximum atomic E-state index is 12.0. The van der Waals surface area contributed by atoms with Crippen molar-refractivity contribution in [2.24, 2.45) is 0 Å². The molecule has 3 aromatic rings. The Kier molecular flexibility index (Phi) is 5.81. The van der Waals surface area contributed by atoms with Gasteiger partial charge in [-0.1, -0.05) is 36.4 Å². The summed E-state index contributed by atoms with van der Waals surface area (Å²) in [5.41, 5.74) is 8.45. The normalized spacial score (nSPS) is 20.8. The second-order valence-electron chi connectivity index (χ2n) is 10.2. The van der Waals surface area contributed by atoms with Gasteiger partial charge in [0.15, 0.2) is 17.3 Å². The molecule has 0 amide bonds. The Morgan fingerprint density at radius 2 is 1.51 bits per heavy atom. The fourth-order valence-electron chi connectivity index (χ4n) is 5.93. The Labute approximate surface area is 218 Å². The Balaban J connectivity index is 1.64. The highest BCUT2D eigenvalue weighted by molar-refractivity contribution is 6.08. The van der Waals surface area contributed by atoms with E-state index in [4.69, 9.17) is 14.2 Å². The van der Waals surface area contributed by atoms with Crippen LogP contribution >= 0.6 is 0 Å². The first-order valence-corrected chi connectivity index (χ1v) is 12.8. The molecule has 0 saturated carbocycles. The van der Waals surface area contributed by atoms with Gasteiger partial charge in [-0.25, -0.2) is 0 Å². The minimum atomic E-state index is -0.408. The number of fused-ring (bicyclic) bond motifs is 2. The third-order valence-electron chi connectivity index (χ3n) is 7.94. The van der Waals surface area contributed by atoms with E-state index in [1.807, 2.05) is 12.1 Å². The van der Waals surface area contributed by atoms with Crippen LogP contribution in [0.25, 0.3) is 11.1 Å². The average Bonchev–Trinajstić information content (AvgIpc) is 3.48. The molecule has 6 rings (SSSR count). The predicted octanol–water partition coefficient (Wildman–Crippen LogP) is 5.20. The molecule has 0 bridgehead atoms. The minimum Gasteiger partial charge on any atom is -0.454 e. The quantitative estimate of drug-likeness (QED) is 0.453. The van der Waals surface area contributed by atoms with Gasteiger partial charge in [-0.15, -0.1) is 0 Å². The van der Waals surface area contributed by atoms with E-state index in [2.05, 4.69) is 79.3 Å². The van der Waals surface area contributed by atoms with Crippen LogP contribution in [0.15, 0.2) is 60.7 Å². The Morgan fingerprint density at radius 1 is 0.892 bits per heavy atom. The van der Waals surface area contributed by atoms with Crippen molar-refractivity contribution in [2.75, 3.05) is 52.1 Å². The number of anilines is 1. The molecule has 6 heteroatoms. The molecule has 0 N–H and O–H groups in total. The smallest absolute Gasteiger partial charge is 0.231 e. The minimum absolute atomic E-state index is 0.0633. The number of hydrogen-bond acceptors (Lipinski definition) is 6. The molecule has 1 saturated heterocycles. The topological polar surface area (TPSA) is 51.2 Å². The van der Waals surface area contributed by atoms with Gasteiger partial charge in [0.2, 0.25) is 6.79 Å². The summed E-state index contributed by atoms with van der Waals surface area (Å²) in [7, 11) is 4.11. The van der Waals surface area contributed by atoms with E-state index in [0.717, 1.165) is 47.0 Å². The number of nitrogens with zero attached hydrogens (tertiary/aromatic N) is 2. The molecular weight excluding hydrogens is 464 g/mol. The van der Waals surface area contributed by atoms with Crippen LogP contribution in [0.1, 0.15) is 46.5 Å². The van der Waals surface area contributed by atoms with Crippen molar-refractivity contribution in [3.63, 3.8) is 0 Å². The van der Waals surface area contributed by atoms with Gasteiger partial charge in [0.1, 0.15) is 0 Å². The van der Waals surface area contributed by atoms with E-state index in [-0.39, 0.29) is 12.6 Å². The maximum absolute atomic E-state index is 12.0. The first kappa shape index (κ1) is 23.8. The second kappa shape index (κ2) is 9.05. The number of benzene rings is 3. The van der Waals surface area contributed by atoms with Crippen molar-refractivity contribution in [1.29, 1.82) is 0 Å². The molecule has 1 unspecified atom stereocenters.